The van der Waals surface area contributed by atoms with Gasteiger partial charge in [-0.1, -0.05) is 6.42 Å². The molecule has 0 aromatic carbocycles. The summed E-state index contributed by atoms with van der Waals surface area (Å²) in [6.07, 6.45) is 6.94. The van der Waals surface area contributed by atoms with Crippen LogP contribution in [0.1, 0.15) is 51.2 Å². The highest BCUT2D eigenvalue weighted by molar-refractivity contribution is 8.00. The van der Waals surface area contributed by atoms with E-state index in [2.05, 4.69) is 55.6 Å². The van der Waals surface area contributed by atoms with E-state index in [0.29, 0.717) is 4.75 Å². The summed E-state index contributed by atoms with van der Waals surface area (Å²) < 4.78 is 2.65. The summed E-state index contributed by atoms with van der Waals surface area (Å²) in [5, 5.41) is 12.4. The third-order valence-electron chi connectivity index (χ3n) is 4.98. The van der Waals surface area contributed by atoms with Crippen molar-refractivity contribution in [3.63, 3.8) is 0 Å². The predicted octanol–water partition coefficient (Wildman–Crippen LogP) is 2.34. The summed E-state index contributed by atoms with van der Waals surface area (Å²) >= 11 is 2.05. The molecule has 0 atom stereocenters. The molecule has 1 fully saturated rings. The van der Waals surface area contributed by atoms with Gasteiger partial charge in [-0.25, -0.2) is 0 Å². The second kappa shape index (κ2) is 8.43. The maximum absolute atomic E-state index is 4.48. The van der Waals surface area contributed by atoms with Crippen molar-refractivity contribution < 1.29 is 0 Å². The van der Waals surface area contributed by atoms with E-state index in [4.69, 9.17) is 0 Å². The Morgan fingerprint density at radius 2 is 2.12 bits per heavy atom. The van der Waals surface area contributed by atoms with Crippen molar-refractivity contribution >= 4 is 17.7 Å². The Balaban J connectivity index is 1.47. The van der Waals surface area contributed by atoms with Crippen LogP contribution in [0.15, 0.2) is 4.99 Å². The molecule has 6 nitrogen and oxygen atoms in total. The van der Waals surface area contributed by atoms with Crippen molar-refractivity contribution in [3.8, 4) is 0 Å². The molecule has 140 valence electrons. The van der Waals surface area contributed by atoms with Gasteiger partial charge in [0.2, 0.25) is 0 Å². The van der Waals surface area contributed by atoms with Crippen molar-refractivity contribution in [1.82, 2.24) is 25.0 Å². The second-order valence-corrected chi connectivity index (χ2v) is 9.40. The predicted molar refractivity (Wildman–Crippen MR) is 105 cm³/mol. The van der Waals surface area contributed by atoms with Gasteiger partial charge in [-0.3, -0.25) is 4.99 Å². The molecule has 2 aliphatic heterocycles. The van der Waals surface area contributed by atoms with Crippen LogP contribution in [0.2, 0.25) is 0 Å². The van der Waals surface area contributed by atoms with E-state index in [1.54, 1.807) is 0 Å². The van der Waals surface area contributed by atoms with Crippen molar-refractivity contribution in [2.24, 2.45) is 4.99 Å². The van der Waals surface area contributed by atoms with Gasteiger partial charge in [0.25, 0.3) is 0 Å². The van der Waals surface area contributed by atoms with Gasteiger partial charge in [0.1, 0.15) is 11.6 Å². The lowest BCUT2D eigenvalue weighted by molar-refractivity contribution is 0.375. The van der Waals surface area contributed by atoms with Gasteiger partial charge in [-0.15, -0.1) is 10.2 Å². The minimum absolute atomic E-state index is 0.301. The first-order valence-electron chi connectivity index (χ1n) is 9.59. The van der Waals surface area contributed by atoms with Crippen molar-refractivity contribution in [3.05, 3.63) is 11.6 Å². The number of hydrogen-bond donors (Lipinski definition) is 1. The fraction of sp³-hybridized carbons (Fsp3) is 0.833. The number of aryl methyl sites for hydroxylation is 2. The number of aromatic nitrogens is 3. The fourth-order valence-corrected chi connectivity index (χ4v) is 4.82. The maximum Gasteiger partial charge on any atom is 0.193 e. The minimum atomic E-state index is 0.301. The average Bonchev–Trinajstić information content (AvgIpc) is 2.81. The molecule has 3 heterocycles. The highest BCUT2D eigenvalue weighted by Gasteiger charge is 2.28. The number of aliphatic imine (C=N–C) groups is 1. The van der Waals surface area contributed by atoms with Crippen molar-refractivity contribution in [2.75, 3.05) is 32.4 Å². The SMILES string of the molecule is CN=C(NCCCc1nnc2n1CCCCC2)N1CCSC(C)(C)C1. The lowest BCUT2D eigenvalue weighted by Crippen LogP contribution is -2.51. The van der Waals surface area contributed by atoms with Crippen LogP contribution in [0.25, 0.3) is 0 Å². The van der Waals surface area contributed by atoms with Crippen LogP contribution in [-0.2, 0) is 19.4 Å². The van der Waals surface area contributed by atoms with Crippen molar-refractivity contribution in [2.45, 2.75) is 63.7 Å². The highest BCUT2D eigenvalue weighted by atomic mass is 32.2. The van der Waals surface area contributed by atoms with Crippen LogP contribution in [-0.4, -0.2) is 62.8 Å². The van der Waals surface area contributed by atoms with E-state index in [1.807, 2.05) is 7.05 Å². The molecule has 3 rings (SSSR count). The summed E-state index contributed by atoms with van der Waals surface area (Å²) in [6, 6.07) is 0. The first-order valence-corrected chi connectivity index (χ1v) is 10.6. The van der Waals surface area contributed by atoms with Gasteiger partial charge >= 0.3 is 0 Å². The zero-order valence-electron chi connectivity index (χ0n) is 15.9. The van der Waals surface area contributed by atoms with Gasteiger partial charge in [-0.2, -0.15) is 11.8 Å². The smallest absolute Gasteiger partial charge is 0.193 e. The van der Waals surface area contributed by atoms with E-state index in [0.717, 1.165) is 57.2 Å². The number of nitrogens with one attached hydrogen (secondary N) is 1. The molecule has 7 heteroatoms. The maximum atomic E-state index is 4.48. The topological polar surface area (TPSA) is 58.3 Å². The molecular weight excluding hydrogens is 332 g/mol. The molecule has 1 saturated heterocycles. The van der Waals surface area contributed by atoms with E-state index in [-0.39, 0.29) is 0 Å². The van der Waals surface area contributed by atoms with Gasteiger partial charge in [0.05, 0.1) is 0 Å². The third-order valence-corrected chi connectivity index (χ3v) is 6.28. The quantitative estimate of drug-likeness (QED) is 0.505. The molecule has 2 aliphatic rings. The first-order chi connectivity index (χ1) is 12.1. The summed E-state index contributed by atoms with van der Waals surface area (Å²) in [6.45, 7) is 8.77. The van der Waals surface area contributed by atoms with Gasteiger partial charge < -0.3 is 14.8 Å². The molecule has 1 aromatic heterocycles. The Morgan fingerprint density at radius 1 is 1.24 bits per heavy atom. The lowest BCUT2D eigenvalue weighted by atomic mass is 10.2. The summed E-state index contributed by atoms with van der Waals surface area (Å²) in [5.74, 6) is 4.54. The van der Waals surface area contributed by atoms with Crippen molar-refractivity contribution in [1.29, 1.82) is 0 Å². The molecule has 0 amide bonds. The molecular formula is C18H32N6S. The van der Waals surface area contributed by atoms with Gasteiger partial charge in [-0.05, 0) is 33.1 Å². The van der Waals surface area contributed by atoms with E-state index in [1.165, 1.54) is 30.8 Å². The zero-order valence-corrected chi connectivity index (χ0v) is 16.7. The highest BCUT2D eigenvalue weighted by Crippen LogP contribution is 2.29. The Bertz CT molecular complexity index is 594. The molecule has 0 saturated carbocycles. The summed E-state index contributed by atoms with van der Waals surface area (Å²) in [7, 11) is 1.88. The first kappa shape index (κ1) is 18.5. The van der Waals surface area contributed by atoms with Gasteiger partial charge in [0.15, 0.2) is 5.96 Å². The number of nitrogens with zero attached hydrogens (tertiary/aromatic N) is 5. The van der Waals surface area contributed by atoms with Crippen LogP contribution < -0.4 is 5.32 Å². The van der Waals surface area contributed by atoms with Crippen LogP contribution in [0.4, 0.5) is 0 Å². The van der Waals surface area contributed by atoms with Crippen LogP contribution in [0.5, 0.6) is 0 Å². The lowest BCUT2D eigenvalue weighted by Gasteiger charge is -2.39. The monoisotopic (exact) mass is 364 g/mol. The number of rotatable bonds is 4. The molecule has 0 radical (unpaired) electrons. The number of hydrogen-bond acceptors (Lipinski definition) is 4. The Hall–Kier alpha value is -1.24. The second-order valence-electron chi connectivity index (χ2n) is 7.60. The van der Waals surface area contributed by atoms with E-state index >= 15 is 0 Å². The third kappa shape index (κ3) is 4.90. The van der Waals surface area contributed by atoms with Crippen LogP contribution >= 0.6 is 11.8 Å². The van der Waals surface area contributed by atoms with E-state index < -0.39 is 0 Å². The summed E-state index contributed by atoms with van der Waals surface area (Å²) in [4.78, 5) is 6.87. The molecule has 0 bridgehead atoms. The standard InChI is InChI=1S/C18H32N6S/c1-18(2)14-23(12-13-25-18)17(19-3)20-10-7-9-16-22-21-15-8-5-4-6-11-24(15)16/h4-14H2,1-3H3,(H,19,20). The number of thioether (sulfide) groups is 1. The molecule has 0 aliphatic carbocycles. The summed E-state index contributed by atoms with van der Waals surface area (Å²) in [5.41, 5.74) is 0. The normalized spacial score (nSPS) is 20.9. The Morgan fingerprint density at radius 3 is 2.92 bits per heavy atom. The molecule has 1 N–H and O–H groups in total. The Kier molecular flexibility index (Phi) is 6.25. The van der Waals surface area contributed by atoms with Gasteiger partial charge in [0, 0.05) is 56.6 Å². The largest absolute Gasteiger partial charge is 0.356 e. The van der Waals surface area contributed by atoms with Crippen LogP contribution in [0.3, 0.4) is 0 Å². The van der Waals surface area contributed by atoms with Crippen LogP contribution in [0, 0.1) is 0 Å². The molecule has 1 aromatic rings. The average molecular weight is 365 g/mol. The zero-order chi connectivity index (χ0) is 17.7. The minimum Gasteiger partial charge on any atom is -0.356 e. The molecule has 25 heavy (non-hydrogen) atoms. The molecule has 0 spiro atoms. The Labute approximate surface area is 155 Å². The van der Waals surface area contributed by atoms with E-state index in [9.17, 15) is 0 Å². The number of guanidine groups is 1. The fourth-order valence-electron chi connectivity index (χ4n) is 3.71. The molecule has 0 unspecified atom stereocenters. The number of fused-ring (bicyclic) bond motifs is 1.